The third-order valence-corrected chi connectivity index (χ3v) is 5.73. The van der Waals surface area contributed by atoms with Crippen LogP contribution in [-0.2, 0) is 9.84 Å². The van der Waals surface area contributed by atoms with Crippen molar-refractivity contribution in [2.45, 2.75) is 25.0 Å². The van der Waals surface area contributed by atoms with Crippen molar-refractivity contribution in [2.75, 3.05) is 12.3 Å². The highest BCUT2D eigenvalue weighted by atomic mass is 32.2. The molecule has 1 aliphatic heterocycles. The molecule has 0 aromatic rings. The van der Waals surface area contributed by atoms with E-state index in [9.17, 15) is 8.42 Å². The summed E-state index contributed by atoms with van der Waals surface area (Å²) >= 11 is 0. The number of sulfone groups is 1. The van der Waals surface area contributed by atoms with E-state index < -0.39 is 14.6 Å². The first-order valence-electron chi connectivity index (χ1n) is 4.43. The average Bonchev–Trinajstić information content (AvgIpc) is 2.22. The molecule has 0 aliphatic carbocycles. The smallest absolute Gasteiger partial charge is 0.156 e. The highest BCUT2D eigenvalue weighted by Gasteiger charge is 2.47. The topological polar surface area (TPSA) is 60.2 Å². The molecule has 1 heterocycles. The summed E-state index contributed by atoms with van der Waals surface area (Å²) in [7, 11) is -2.95. The molecule has 0 amide bonds. The fraction of sp³-hybridized carbons (Fsp3) is 0.778. The first-order chi connectivity index (χ1) is 5.83. The van der Waals surface area contributed by atoms with Gasteiger partial charge < -0.3 is 5.73 Å². The Bertz CT molecular complexity index is 317. The summed E-state index contributed by atoms with van der Waals surface area (Å²) in [4.78, 5) is 0. The van der Waals surface area contributed by atoms with E-state index in [-0.39, 0.29) is 11.7 Å². The predicted molar refractivity (Wildman–Crippen MR) is 54.2 cm³/mol. The van der Waals surface area contributed by atoms with Gasteiger partial charge in [0.1, 0.15) is 0 Å². The largest absolute Gasteiger partial charge is 0.327 e. The van der Waals surface area contributed by atoms with Crippen LogP contribution in [0.4, 0.5) is 0 Å². The second-order valence-electron chi connectivity index (χ2n) is 4.13. The lowest BCUT2D eigenvalue weighted by molar-refractivity contribution is 0.473. The highest BCUT2D eigenvalue weighted by molar-refractivity contribution is 7.93. The number of nitrogens with two attached hydrogens (primary N) is 1. The van der Waals surface area contributed by atoms with Gasteiger partial charge in [-0.25, -0.2) is 8.42 Å². The monoisotopic (exact) mass is 203 g/mol. The molecule has 1 saturated heterocycles. The maximum atomic E-state index is 11.6. The number of hydrogen-bond donors (Lipinski definition) is 1. The van der Waals surface area contributed by atoms with E-state index in [0.717, 1.165) is 5.57 Å². The highest BCUT2D eigenvalue weighted by Crippen LogP contribution is 2.40. The van der Waals surface area contributed by atoms with Crippen LogP contribution in [0.5, 0.6) is 0 Å². The van der Waals surface area contributed by atoms with Gasteiger partial charge in [0.25, 0.3) is 0 Å². The third kappa shape index (κ3) is 1.53. The van der Waals surface area contributed by atoms with Gasteiger partial charge in [-0.3, -0.25) is 0 Å². The summed E-state index contributed by atoms with van der Waals surface area (Å²) in [6.45, 7) is 7.73. The molecule has 4 heteroatoms. The standard InChI is InChI=1S/C9H17NO2S/c1-7(6-10)8-4-5-13(11,12)9(8,2)3/h8H,1,4-6,10H2,2-3H3. The van der Waals surface area contributed by atoms with Crippen LogP contribution in [0.2, 0.25) is 0 Å². The number of rotatable bonds is 2. The Kier molecular flexibility index (Phi) is 2.56. The summed E-state index contributed by atoms with van der Waals surface area (Å²) in [5.41, 5.74) is 6.32. The van der Waals surface area contributed by atoms with E-state index in [2.05, 4.69) is 6.58 Å². The van der Waals surface area contributed by atoms with E-state index >= 15 is 0 Å². The van der Waals surface area contributed by atoms with Crippen molar-refractivity contribution < 1.29 is 8.42 Å². The first-order valence-corrected chi connectivity index (χ1v) is 6.08. The van der Waals surface area contributed by atoms with Crippen molar-refractivity contribution in [1.82, 2.24) is 0 Å². The predicted octanol–water partition coefficient (Wildman–Crippen LogP) is 0.715. The van der Waals surface area contributed by atoms with Crippen LogP contribution in [0, 0.1) is 5.92 Å². The fourth-order valence-corrected chi connectivity index (χ4v) is 3.73. The van der Waals surface area contributed by atoms with Crippen molar-refractivity contribution in [1.29, 1.82) is 0 Å². The molecule has 1 rings (SSSR count). The molecule has 0 aromatic carbocycles. The van der Waals surface area contributed by atoms with Gasteiger partial charge >= 0.3 is 0 Å². The lowest BCUT2D eigenvalue weighted by Crippen LogP contribution is -2.35. The molecule has 0 aromatic heterocycles. The van der Waals surface area contributed by atoms with Gasteiger partial charge in [-0.15, -0.1) is 0 Å². The molecule has 1 atom stereocenters. The maximum absolute atomic E-state index is 11.6. The Morgan fingerprint density at radius 3 is 2.46 bits per heavy atom. The quantitative estimate of drug-likeness (QED) is 0.673. The molecule has 0 spiro atoms. The van der Waals surface area contributed by atoms with Crippen LogP contribution in [0.15, 0.2) is 12.2 Å². The van der Waals surface area contributed by atoms with Gasteiger partial charge in [0.15, 0.2) is 9.84 Å². The van der Waals surface area contributed by atoms with Crippen LogP contribution >= 0.6 is 0 Å². The van der Waals surface area contributed by atoms with Gasteiger partial charge in [0.05, 0.1) is 10.5 Å². The van der Waals surface area contributed by atoms with E-state index in [1.54, 1.807) is 13.8 Å². The summed E-state index contributed by atoms with van der Waals surface area (Å²) in [6.07, 6.45) is 0.672. The minimum Gasteiger partial charge on any atom is -0.327 e. The van der Waals surface area contributed by atoms with Crippen LogP contribution in [0.3, 0.4) is 0 Å². The molecule has 0 bridgehead atoms. The zero-order valence-electron chi connectivity index (χ0n) is 8.21. The second kappa shape index (κ2) is 3.10. The van der Waals surface area contributed by atoms with E-state index in [1.165, 1.54) is 0 Å². The fourth-order valence-electron chi connectivity index (χ4n) is 1.94. The number of hydrogen-bond acceptors (Lipinski definition) is 3. The van der Waals surface area contributed by atoms with Gasteiger partial charge in [0.2, 0.25) is 0 Å². The van der Waals surface area contributed by atoms with Gasteiger partial charge in [0, 0.05) is 12.5 Å². The SMILES string of the molecule is C=C(CN)C1CCS(=O)(=O)C1(C)C. The maximum Gasteiger partial charge on any atom is 0.156 e. The van der Waals surface area contributed by atoms with Crippen LogP contribution in [0.1, 0.15) is 20.3 Å². The van der Waals surface area contributed by atoms with Crippen molar-refractivity contribution >= 4 is 9.84 Å². The third-order valence-electron chi connectivity index (χ3n) is 3.07. The molecule has 0 radical (unpaired) electrons. The minimum absolute atomic E-state index is 0.0301. The molecule has 1 unspecified atom stereocenters. The summed E-state index contributed by atoms with van der Waals surface area (Å²) in [6, 6.07) is 0. The first kappa shape index (κ1) is 10.7. The molecule has 13 heavy (non-hydrogen) atoms. The zero-order valence-corrected chi connectivity index (χ0v) is 9.02. The Labute approximate surface area is 79.9 Å². The minimum atomic E-state index is -2.95. The van der Waals surface area contributed by atoms with Crippen molar-refractivity contribution in [3.05, 3.63) is 12.2 Å². The molecule has 76 valence electrons. The summed E-state index contributed by atoms with van der Waals surface area (Å²) in [5, 5.41) is 0. The Balaban J connectivity index is 3.02. The summed E-state index contributed by atoms with van der Waals surface area (Å²) < 4.78 is 22.6. The normalized spacial score (nSPS) is 30.2. The lowest BCUT2D eigenvalue weighted by atomic mass is 9.86. The van der Waals surface area contributed by atoms with Crippen molar-refractivity contribution in [2.24, 2.45) is 11.7 Å². The molecule has 3 nitrogen and oxygen atoms in total. The molecule has 1 fully saturated rings. The van der Waals surface area contributed by atoms with Crippen LogP contribution in [0.25, 0.3) is 0 Å². The Morgan fingerprint density at radius 1 is 1.62 bits per heavy atom. The molecule has 2 N–H and O–H groups in total. The molecular weight excluding hydrogens is 186 g/mol. The van der Waals surface area contributed by atoms with E-state index in [4.69, 9.17) is 5.73 Å². The van der Waals surface area contributed by atoms with Crippen molar-refractivity contribution in [3.8, 4) is 0 Å². The van der Waals surface area contributed by atoms with Gasteiger partial charge in [-0.1, -0.05) is 12.2 Å². The van der Waals surface area contributed by atoms with Gasteiger partial charge in [-0.2, -0.15) is 0 Å². The van der Waals surface area contributed by atoms with E-state index in [1.807, 2.05) is 0 Å². The van der Waals surface area contributed by atoms with Crippen molar-refractivity contribution in [3.63, 3.8) is 0 Å². The average molecular weight is 203 g/mol. The molecular formula is C9H17NO2S. The van der Waals surface area contributed by atoms with Crippen LogP contribution < -0.4 is 5.73 Å². The lowest BCUT2D eigenvalue weighted by Gasteiger charge is -2.26. The Morgan fingerprint density at radius 2 is 2.15 bits per heavy atom. The molecule has 0 saturated carbocycles. The van der Waals surface area contributed by atoms with Gasteiger partial charge in [-0.05, 0) is 20.3 Å². The zero-order chi connectivity index (χ0) is 10.3. The van der Waals surface area contributed by atoms with E-state index in [0.29, 0.717) is 13.0 Å². The second-order valence-corrected chi connectivity index (χ2v) is 6.82. The molecule has 1 aliphatic rings. The summed E-state index contributed by atoms with van der Waals surface area (Å²) in [5.74, 6) is 0.298. The Hall–Kier alpha value is -0.350. The van der Waals surface area contributed by atoms with Crippen LogP contribution in [-0.4, -0.2) is 25.5 Å².